The maximum Gasteiger partial charge on any atom is 0.328 e. The van der Waals surface area contributed by atoms with Gasteiger partial charge in [0.25, 0.3) is 5.91 Å². The number of carbonyl (C=O) groups is 2. The zero-order valence-electron chi connectivity index (χ0n) is 14.8. The van der Waals surface area contributed by atoms with Crippen LogP contribution < -0.4 is 5.32 Å². The third-order valence-corrected chi connectivity index (χ3v) is 4.33. The lowest BCUT2D eigenvalue weighted by Crippen LogP contribution is -2.43. The molecule has 0 aliphatic carbocycles. The van der Waals surface area contributed by atoms with Crippen LogP contribution in [0.3, 0.4) is 0 Å². The number of hydrogen-bond donors (Lipinski definition) is 1. The maximum absolute atomic E-state index is 13.9. The van der Waals surface area contributed by atoms with Gasteiger partial charge in [-0.3, -0.25) is 4.79 Å². The Morgan fingerprint density at radius 2 is 1.64 bits per heavy atom. The van der Waals surface area contributed by atoms with Crippen molar-refractivity contribution in [1.82, 2.24) is 5.32 Å². The van der Waals surface area contributed by atoms with Crippen LogP contribution >= 0.6 is 0 Å². The average Bonchev–Trinajstić information content (AvgIpc) is 2.66. The summed E-state index contributed by atoms with van der Waals surface area (Å²) in [6.07, 6.45) is 0.0458. The maximum atomic E-state index is 13.9. The van der Waals surface area contributed by atoms with Crippen LogP contribution in [0.15, 0.2) is 54.6 Å². The van der Waals surface area contributed by atoms with E-state index < -0.39 is 40.9 Å². The predicted molar refractivity (Wildman–Crippen MR) is 97.2 cm³/mol. The van der Waals surface area contributed by atoms with Crippen LogP contribution in [0.4, 0.5) is 13.2 Å². The second-order valence-electron chi connectivity index (χ2n) is 6.14. The topological polar surface area (TPSA) is 55.4 Å². The van der Waals surface area contributed by atoms with Gasteiger partial charge >= 0.3 is 5.97 Å². The number of benzene rings is 3. The Morgan fingerprint density at radius 3 is 2.32 bits per heavy atom. The zero-order chi connectivity index (χ0) is 20.3. The molecule has 3 rings (SSSR count). The van der Waals surface area contributed by atoms with Gasteiger partial charge in [-0.05, 0) is 16.3 Å². The first-order chi connectivity index (χ1) is 13.4. The van der Waals surface area contributed by atoms with Gasteiger partial charge in [-0.15, -0.1) is 0 Å². The molecule has 0 saturated carbocycles. The zero-order valence-corrected chi connectivity index (χ0v) is 14.8. The number of methoxy groups -OCH3 is 1. The average molecular weight is 387 g/mol. The van der Waals surface area contributed by atoms with Crippen LogP contribution in [0, 0.1) is 17.5 Å². The molecule has 0 bridgehead atoms. The SMILES string of the molecule is COC(=O)[C@H](Cc1cccc2ccccc12)NC(=O)c1c(F)cc(F)cc1F. The van der Waals surface area contributed by atoms with E-state index in [0.717, 1.165) is 23.4 Å². The first-order valence-corrected chi connectivity index (χ1v) is 8.40. The molecule has 144 valence electrons. The van der Waals surface area contributed by atoms with Crippen LogP contribution in [0.2, 0.25) is 0 Å². The van der Waals surface area contributed by atoms with E-state index >= 15 is 0 Å². The van der Waals surface area contributed by atoms with Crippen molar-refractivity contribution < 1.29 is 27.5 Å². The molecule has 0 aliphatic rings. The molecule has 0 fully saturated rings. The Kier molecular flexibility index (Phi) is 5.63. The highest BCUT2D eigenvalue weighted by Crippen LogP contribution is 2.21. The molecule has 1 amide bonds. The molecule has 4 nitrogen and oxygen atoms in total. The molecule has 0 aliphatic heterocycles. The number of rotatable bonds is 5. The Balaban J connectivity index is 1.91. The fraction of sp³-hybridized carbons (Fsp3) is 0.143. The Bertz CT molecular complexity index is 1020. The summed E-state index contributed by atoms with van der Waals surface area (Å²) < 4.78 is 45.5. The second-order valence-corrected chi connectivity index (χ2v) is 6.14. The summed E-state index contributed by atoms with van der Waals surface area (Å²) in [7, 11) is 1.14. The van der Waals surface area contributed by atoms with Crippen molar-refractivity contribution in [2.24, 2.45) is 0 Å². The third kappa shape index (κ3) is 3.98. The molecule has 28 heavy (non-hydrogen) atoms. The number of hydrogen-bond acceptors (Lipinski definition) is 3. The minimum absolute atomic E-state index is 0.0458. The summed E-state index contributed by atoms with van der Waals surface area (Å²) in [5.41, 5.74) is -0.220. The van der Waals surface area contributed by atoms with Crippen LogP contribution in [0.1, 0.15) is 15.9 Å². The van der Waals surface area contributed by atoms with Gasteiger partial charge in [-0.25, -0.2) is 18.0 Å². The number of amides is 1. The quantitative estimate of drug-likeness (QED) is 0.678. The van der Waals surface area contributed by atoms with Gasteiger partial charge < -0.3 is 10.1 Å². The molecule has 0 radical (unpaired) electrons. The summed E-state index contributed by atoms with van der Waals surface area (Å²) in [5.74, 6) is -5.81. The van der Waals surface area contributed by atoms with E-state index in [2.05, 4.69) is 5.32 Å². The van der Waals surface area contributed by atoms with Crippen LogP contribution in [-0.2, 0) is 16.0 Å². The molecule has 7 heteroatoms. The van der Waals surface area contributed by atoms with Crippen LogP contribution in [0.25, 0.3) is 10.8 Å². The van der Waals surface area contributed by atoms with E-state index in [1.54, 1.807) is 12.1 Å². The van der Waals surface area contributed by atoms with Crippen molar-refractivity contribution in [3.05, 3.63) is 83.2 Å². The summed E-state index contributed by atoms with van der Waals surface area (Å²) in [6.45, 7) is 0. The number of esters is 1. The van der Waals surface area contributed by atoms with E-state index in [9.17, 15) is 22.8 Å². The molecule has 3 aromatic rings. The Labute approximate surface area is 158 Å². The lowest BCUT2D eigenvalue weighted by atomic mass is 9.98. The van der Waals surface area contributed by atoms with E-state index in [4.69, 9.17) is 4.74 Å². The third-order valence-electron chi connectivity index (χ3n) is 4.33. The normalized spacial score (nSPS) is 11.9. The first kappa shape index (κ1) is 19.4. The molecular formula is C21H16F3NO3. The van der Waals surface area contributed by atoms with E-state index in [1.165, 1.54) is 0 Å². The first-order valence-electron chi connectivity index (χ1n) is 8.40. The van der Waals surface area contributed by atoms with Gasteiger partial charge in [-0.1, -0.05) is 42.5 Å². The summed E-state index contributed by atoms with van der Waals surface area (Å²) in [6, 6.07) is 12.5. The molecule has 0 unspecified atom stereocenters. The second kappa shape index (κ2) is 8.12. The largest absolute Gasteiger partial charge is 0.467 e. The summed E-state index contributed by atoms with van der Waals surface area (Å²) in [4.78, 5) is 24.5. The lowest BCUT2D eigenvalue weighted by Gasteiger charge is -2.18. The molecule has 0 spiro atoms. The van der Waals surface area contributed by atoms with Gasteiger partial charge in [0.2, 0.25) is 0 Å². The van der Waals surface area contributed by atoms with Crippen molar-refractivity contribution in [3.8, 4) is 0 Å². The van der Waals surface area contributed by atoms with Crippen molar-refractivity contribution in [2.45, 2.75) is 12.5 Å². The van der Waals surface area contributed by atoms with Crippen molar-refractivity contribution in [1.29, 1.82) is 0 Å². The fourth-order valence-electron chi connectivity index (χ4n) is 3.02. The van der Waals surface area contributed by atoms with Crippen molar-refractivity contribution in [3.63, 3.8) is 0 Å². The molecule has 0 saturated heterocycles. The summed E-state index contributed by atoms with van der Waals surface area (Å²) in [5, 5.41) is 4.09. The molecular weight excluding hydrogens is 371 g/mol. The fourth-order valence-corrected chi connectivity index (χ4v) is 3.02. The molecule has 1 N–H and O–H groups in total. The minimum Gasteiger partial charge on any atom is -0.467 e. The van der Waals surface area contributed by atoms with Gasteiger partial charge in [-0.2, -0.15) is 0 Å². The predicted octanol–water partition coefficient (Wildman–Crippen LogP) is 3.77. The Hall–Kier alpha value is -3.35. The van der Waals surface area contributed by atoms with Crippen LogP contribution in [-0.4, -0.2) is 25.0 Å². The monoisotopic (exact) mass is 387 g/mol. The van der Waals surface area contributed by atoms with E-state index in [1.807, 2.05) is 30.3 Å². The number of halogens is 3. The van der Waals surface area contributed by atoms with E-state index in [0.29, 0.717) is 12.1 Å². The molecule has 3 aromatic carbocycles. The highest BCUT2D eigenvalue weighted by Gasteiger charge is 2.27. The number of ether oxygens (including phenoxy) is 1. The minimum atomic E-state index is -1.36. The number of fused-ring (bicyclic) bond motifs is 1. The Morgan fingerprint density at radius 1 is 1.00 bits per heavy atom. The van der Waals surface area contributed by atoms with E-state index in [-0.39, 0.29) is 6.42 Å². The summed E-state index contributed by atoms with van der Waals surface area (Å²) >= 11 is 0. The van der Waals surface area contributed by atoms with Gasteiger partial charge in [0.1, 0.15) is 29.1 Å². The molecule has 0 heterocycles. The van der Waals surface area contributed by atoms with Crippen LogP contribution in [0.5, 0.6) is 0 Å². The van der Waals surface area contributed by atoms with Gasteiger partial charge in [0.15, 0.2) is 0 Å². The number of carbonyl (C=O) groups excluding carboxylic acids is 2. The van der Waals surface area contributed by atoms with Crippen molar-refractivity contribution >= 4 is 22.6 Å². The molecule has 1 atom stereocenters. The standard InChI is InChI=1S/C21H16F3NO3/c1-28-21(27)18(9-13-7-4-6-12-5-2-3-8-15(12)13)25-20(26)19-16(23)10-14(22)11-17(19)24/h2-8,10-11,18H,9H2,1H3,(H,25,26)/t18-/m0/s1. The smallest absolute Gasteiger partial charge is 0.328 e. The van der Waals surface area contributed by atoms with Gasteiger partial charge in [0.05, 0.1) is 7.11 Å². The van der Waals surface area contributed by atoms with Gasteiger partial charge in [0, 0.05) is 18.6 Å². The molecule has 0 aromatic heterocycles. The highest BCUT2D eigenvalue weighted by molar-refractivity contribution is 5.97. The lowest BCUT2D eigenvalue weighted by molar-refractivity contribution is -0.142. The number of nitrogens with one attached hydrogen (secondary N) is 1. The highest BCUT2D eigenvalue weighted by atomic mass is 19.1. The van der Waals surface area contributed by atoms with Crippen molar-refractivity contribution in [2.75, 3.05) is 7.11 Å².